The van der Waals surface area contributed by atoms with E-state index in [9.17, 15) is 13.2 Å². The van der Waals surface area contributed by atoms with Gasteiger partial charge in [0.15, 0.2) is 15.6 Å². The Morgan fingerprint density at radius 2 is 1.90 bits per heavy atom. The van der Waals surface area contributed by atoms with Gasteiger partial charge >= 0.3 is 0 Å². The Bertz CT molecular complexity index is 730. The van der Waals surface area contributed by atoms with Crippen molar-refractivity contribution in [3.8, 4) is 0 Å². The maximum absolute atomic E-state index is 12.3. The second-order valence-electron chi connectivity index (χ2n) is 4.23. The van der Waals surface area contributed by atoms with Gasteiger partial charge in [-0.05, 0) is 35.9 Å². The van der Waals surface area contributed by atoms with Gasteiger partial charge in [-0.15, -0.1) is 23.1 Å². The van der Waals surface area contributed by atoms with Crippen LogP contribution in [0.15, 0.2) is 63.7 Å². The topological polar surface area (TPSA) is 51.2 Å². The molecule has 2 rings (SSSR count). The number of thioether (sulfide) groups is 1. The Balaban J connectivity index is 2.21. The molecule has 3 nitrogen and oxygen atoms in total. The van der Waals surface area contributed by atoms with Crippen LogP contribution in [0.25, 0.3) is 0 Å². The normalized spacial score (nSPS) is 12.3. The molecule has 0 radical (unpaired) electrons. The van der Waals surface area contributed by atoms with E-state index in [1.165, 1.54) is 29.2 Å². The first-order valence-electron chi connectivity index (χ1n) is 6.13. The van der Waals surface area contributed by atoms with E-state index in [1.54, 1.807) is 48.7 Å². The summed E-state index contributed by atoms with van der Waals surface area (Å²) < 4.78 is 24.6. The van der Waals surface area contributed by atoms with Gasteiger partial charge in [0.05, 0.1) is 15.5 Å². The first kappa shape index (κ1) is 16.0. The molecule has 0 fully saturated rings. The molecule has 0 aliphatic rings. The van der Waals surface area contributed by atoms with E-state index in [1.807, 2.05) is 5.38 Å². The molecule has 6 heteroatoms. The minimum atomic E-state index is -3.42. The number of carbonyl (C=O) groups is 1. The fourth-order valence-corrected chi connectivity index (χ4v) is 4.69. The molecular weight excluding hydrogens is 324 g/mol. The summed E-state index contributed by atoms with van der Waals surface area (Å²) in [5.74, 6) is -0.312. The standard InChI is InChI=1S/C15H14O3S3/c1-19-12(10-14(16)15-8-5-9-20-15)11-21(17,18)13-6-3-2-4-7-13/h2-10H,11H2,1H3/b12-10+. The van der Waals surface area contributed by atoms with Crippen molar-refractivity contribution >= 4 is 38.7 Å². The summed E-state index contributed by atoms with van der Waals surface area (Å²) >= 11 is 2.63. The van der Waals surface area contributed by atoms with Crippen LogP contribution >= 0.6 is 23.1 Å². The molecule has 110 valence electrons. The van der Waals surface area contributed by atoms with E-state index in [0.29, 0.717) is 9.78 Å². The van der Waals surface area contributed by atoms with E-state index in [2.05, 4.69) is 0 Å². The van der Waals surface area contributed by atoms with Crippen molar-refractivity contribution in [3.05, 3.63) is 63.7 Å². The van der Waals surface area contributed by atoms with Crippen LogP contribution in [0.2, 0.25) is 0 Å². The number of allylic oxidation sites excluding steroid dienone is 1. The summed E-state index contributed by atoms with van der Waals surface area (Å²) in [6, 6.07) is 11.8. The Kier molecular flexibility index (Phi) is 5.39. The third-order valence-electron chi connectivity index (χ3n) is 2.75. The molecule has 0 atom stereocenters. The summed E-state index contributed by atoms with van der Waals surface area (Å²) in [4.78, 5) is 13.4. The molecule has 0 unspecified atom stereocenters. The zero-order valence-electron chi connectivity index (χ0n) is 11.4. The number of hydrogen-bond donors (Lipinski definition) is 0. The van der Waals surface area contributed by atoms with Gasteiger partial charge in [0.1, 0.15) is 0 Å². The van der Waals surface area contributed by atoms with Crippen LogP contribution in [-0.4, -0.2) is 26.2 Å². The number of rotatable bonds is 6. The molecule has 0 bridgehead atoms. The molecule has 1 aromatic carbocycles. The van der Waals surface area contributed by atoms with Gasteiger partial charge in [-0.3, -0.25) is 4.79 Å². The molecule has 0 amide bonds. The highest BCUT2D eigenvalue weighted by atomic mass is 32.2. The highest BCUT2D eigenvalue weighted by molar-refractivity contribution is 8.03. The minimum absolute atomic E-state index is 0.155. The lowest BCUT2D eigenvalue weighted by atomic mass is 10.3. The molecule has 0 saturated heterocycles. The molecule has 0 aliphatic carbocycles. The quantitative estimate of drug-likeness (QED) is 0.596. The highest BCUT2D eigenvalue weighted by Gasteiger charge is 2.17. The number of carbonyl (C=O) groups excluding carboxylic acids is 1. The molecule has 0 N–H and O–H groups in total. The maximum atomic E-state index is 12.3. The van der Waals surface area contributed by atoms with Crippen LogP contribution in [0.4, 0.5) is 0 Å². The number of hydrogen-bond acceptors (Lipinski definition) is 5. The number of ketones is 1. The van der Waals surface area contributed by atoms with Crippen LogP contribution in [-0.2, 0) is 9.84 Å². The van der Waals surface area contributed by atoms with Gasteiger partial charge in [-0.1, -0.05) is 24.3 Å². The van der Waals surface area contributed by atoms with Gasteiger partial charge in [0, 0.05) is 4.91 Å². The molecule has 1 aromatic heterocycles. The first-order valence-corrected chi connectivity index (χ1v) is 9.89. The third-order valence-corrected chi connectivity index (χ3v) is 6.29. The monoisotopic (exact) mass is 338 g/mol. The van der Waals surface area contributed by atoms with E-state index in [0.717, 1.165) is 0 Å². The summed E-state index contributed by atoms with van der Waals surface area (Å²) in [5.41, 5.74) is 0. The molecule has 0 aliphatic heterocycles. The molecule has 0 saturated carbocycles. The summed E-state index contributed by atoms with van der Waals surface area (Å²) in [6.07, 6.45) is 3.19. The second kappa shape index (κ2) is 7.06. The third kappa shape index (κ3) is 4.30. The highest BCUT2D eigenvalue weighted by Crippen LogP contribution is 2.21. The van der Waals surface area contributed by atoms with Crippen molar-refractivity contribution in [2.45, 2.75) is 4.90 Å². The lowest BCUT2D eigenvalue weighted by Gasteiger charge is -2.06. The smallest absolute Gasteiger partial charge is 0.196 e. The minimum Gasteiger partial charge on any atom is -0.288 e. The fourth-order valence-electron chi connectivity index (χ4n) is 1.69. The molecule has 0 spiro atoms. The zero-order chi connectivity index (χ0) is 15.3. The number of thiophene rings is 1. The Morgan fingerprint density at radius 3 is 2.48 bits per heavy atom. The molecule has 1 heterocycles. The van der Waals surface area contributed by atoms with Gasteiger partial charge in [-0.25, -0.2) is 8.42 Å². The van der Waals surface area contributed by atoms with Crippen molar-refractivity contribution in [2.75, 3.05) is 12.0 Å². The van der Waals surface area contributed by atoms with Crippen molar-refractivity contribution < 1.29 is 13.2 Å². The molecule has 2 aromatic rings. The van der Waals surface area contributed by atoms with Crippen molar-refractivity contribution in [2.24, 2.45) is 0 Å². The van der Waals surface area contributed by atoms with E-state index in [-0.39, 0.29) is 16.4 Å². The van der Waals surface area contributed by atoms with Gasteiger partial charge in [0.2, 0.25) is 0 Å². The lowest BCUT2D eigenvalue weighted by Crippen LogP contribution is -2.08. The SMILES string of the molecule is CS/C(=C/C(=O)c1cccs1)CS(=O)(=O)c1ccccc1. The summed E-state index contributed by atoms with van der Waals surface area (Å²) in [5, 5.41) is 1.82. The summed E-state index contributed by atoms with van der Waals surface area (Å²) in [6.45, 7) is 0. The van der Waals surface area contributed by atoms with Gasteiger partial charge < -0.3 is 0 Å². The van der Waals surface area contributed by atoms with E-state index < -0.39 is 9.84 Å². The maximum Gasteiger partial charge on any atom is 0.196 e. The van der Waals surface area contributed by atoms with E-state index in [4.69, 9.17) is 0 Å². The van der Waals surface area contributed by atoms with Crippen LogP contribution in [0, 0.1) is 0 Å². The van der Waals surface area contributed by atoms with Crippen molar-refractivity contribution in [1.82, 2.24) is 0 Å². The predicted molar refractivity (Wildman–Crippen MR) is 88.7 cm³/mol. The van der Waals surface area contributed by atoms with Crippen LogP contribution in [0.1, 0.15) is 9.67 Å². The Hall–Kier alpha value is -1.37. The van der Waals surface area contributed by atoms with Crippen LogP contribution in [0.3, 0.4) is 0 Å². The fraction of sp³-hybridized carbons (Fsp3) is 0.133. The number of benzene rings is 1. The van der Waals surface area contributed by atoms with Crippen LogP contribution < -0.4 is 0 Å². The average Bonchev–Trinajstić information content (AvgIpc) is 3.01. The van der Waals surface area contributed by atoms with Gasteiger partial charge in [0.25, 0.3) is 0 Å². The first-order chi connectivity index (χ1) is 10.0. The molecule has 21 heavy (non-hydrogen) atoms. The Labute approximate surface area is 132 Å². The van der Waals surface area contributed by atoms with Gasteiger partial charge in [-0.2, -0.15) is 0 Å². The largest absolute Gasteiger partial charge is 0.288 e. The molecular formula is C15H14O3S3. The predicted octanol–water partition coefficient (Wildman–Crippen LogP) is 3.65. The Morgan fingerprint density at radius 1 is 1.19 bits per heavy atom. The summed E-state index contributed by atoms with van der Waals surface area (Å²) in [7, 11) is -3.42. The average molecular weight is 338 g/mol. The van der Waals surface area contributed by atoms with Crippen LogP contribution in [0.5, 0.6) is 0 Å². The van der Waals surface area contributed by atoms with Crippen molar-refractivity contribution in [3.63, 3.8) is 0 Å². The zero-order valence-corrected chi connectivity index (χ0v) is 13.8. The lowest BCUT2D eigenvalue weighted by molar-refractivity contribution is 0.105. The number of sulfone groups is 1. The van der Waals surface area contributed by atoms with Crippen molar-refractivity contribution in [1.29, 1.82) is 0 Å². The van der Waals surface area contributed by atoms with E-state index >= 15 is 0 Å². The second-order valence-corrected chi connectivity index (χ2v) is 8.10.